The van der Waals surface area contributed by atoms with Gasteiger partial charge in [0.2, 0.25) is 0 Å². The Bertz CT molecular complexity index is 381. The molecule has 3 nitrogen and oxygen atoms in total. The van der Waals surface area contributed by atoms with Crippen molar-refractivity contribution in [3.05, 3.63) is 35.9 Å². The lowest BCUT2D eigenvalue weighted by Gasteiger charge is -2.28. The molecule has 0 bridgehead atoms. The second-order valence-electron chi connectivity index (χ2n) is 5.94. The van der Waals surface area contributed by atoms with Gasteiger partial charge in [-0.05, 0) is 32.8 Å². The third kappa shape index (κ3) is 6.27. The van der Waals surface area contributed by atoms with E-state index in [9.17, 15) is 4.79 Å². The fourth-order valence-electron chi connectivity index (χ4n) is 1.81. The van der Waals surface area contributed by atoms with Crippen molar-refractivity contribution in [3.8, 4) is 0 Å². The molecule has 0 aromatic heterocycles. The first-order chi connectivity index (χ1) is 8.92. The molecule has 0 spiro atoms. The number of benzene rings is 1. The summed E-state index contributed by atoms with van der Waals surface area (Å²) in [5, 5.41) is 3.04. The fraction of sp³-hybridized carbons (Fsp3) is 0.562. The molecule has 0 radical (unpaired) electrons. The van der Waals surface area contributed by atoms with Crippen LogP contribution in [-0.4, -0.2) is 23.0 Å². The van der Waals surface area contributed by atoms with Crippen molar-refractivity contribution in [1.82, 2.24) is 10.2 Å². The van der Waals surface area contributed by atoms with Crippen molar-refractivity contribution in [2.45, 2.75) is 52.6 Å². The molecule has 0 saturated carbocycles. The molecule has 0 atom stereocenters. The van der Waals surface area contributed by atoms with Gasteiger partial charge < -0.3 is 10.2 Å². The molecule has 0 saturated heterocycles. The number of carbonyl (C=O) groups excluding carboxylic acids is 1. The topological polar surface area (TPSA) is 32.3 Å². The Morgan fingerprint density at radius 1 is 1.21 bits per heavy atom. The van der Waals surface area contributed by atoms with Gasteiger partial charge in [0, 0.05) is 18.6 Å². The minimum atomic E-state index is -0.196. The fourth-order valence-corrected chi connectivity index (χ4v) is 1.81. The monoisotopic (exact) mass is 262 g/mol. The number of hydrogen-bond acceptors (Lipinski definition) is 1. The van der Waals surface area contributed by atoms with Gasteiger partial charge in [-0.15, -0.1) is 0 Å². The zero-order valence-corrected chi connectivity index (χ0v) is 12.6. The number of carbonyl (C=O) groups is 1. The summed E-state index contributed by atoms with van der Waals surface area (Å²) in [4.78, 5) is 14.2. The van der Waals surface area contributed by atoms with Crippen LogP contribution in [0.5, 0.6) is 0 Å². The van der Waals surface area contributed by atoms with Gasteiger partial charge in [0.15, 0.2) is 0 Å². The summed E-state index contributed by atoms with van der Waals surface area (Å²) in [7, 11) is 0. The van der Waals surface area contributed by atoms with Gasteiger partial charge in [0.25, 0.3) is 0 Å². The molecular weight excluding hydrogens is 236 g/mol. The molecule has 1 aromatic rings. The number of hydrogen-bond donors (Lipinski definition) is 1. The molecule has 0 fully saturated rings. The Morgan fingerprint density at radius 2 is 1.84 bits per heavy atom. The number of nitrogens with one attached hydrogen (secondary N) is 1. The zero-order valence-electron chi connectivity index (χ0n) is 12.6. The van der Waals surface area contributed by atoms with Crippen molar-refractivity contribution < 1.29 is 4.79 Å². The lowest BCUT2D eigenvalue weighted by atomic mass is 10.1. The molecule has 0 aliphatic rings. The molecule has 0 aliphatic heterocycles. The largest absolute Gasteiger partial charge is 0.333 e. The van der Waals surface area contributed by atoms with Crippen LogP contribution in [0.15, 0.2) is 30.3 Å². The van der Waals surface area contributed by atoms with Crippen LogP contribution in [0.3, 0.4) is 0 Å². The second kappa shape index (κ2) is 7.17. The van der Waals surface area contributed by atoms with E-state index in [0.717, 1.165) is 19.4 Å². The standard InChI is InChI=1S/C16H26N2O/c1-5-6-12-18(15(19)17-16(2,3)4)13-14-10-8-7-9-11-14/h7-11H,5-6,12-13H2,1-4H3,(H,17,19). The predicted octanol–water partition coefficient (Wildman–Crippen LogP) is 3.80. The molecule has 1 aromatic carbocycles. The number of urea groups is 1. The van der Waals surface area contributed by atoms with E-state index in [1.807, 2.05) is 43.9 Å². The van der Waals surface area contributed by atoms with Crippen molar-refractivity contribution in [2.24, 2.45) is 0 Å². The van der Waals surface area contributed by atoms with Crippen molar-refractivity contribution in [2.75, 3.05) is 6.54 Å². The molecule has 1 rings (SSSR count). The predicted molar refractivity (Wildman–Crippen MR) is 80.0 cm³/mol. The minimum absolute atomic E-state index is 0.0183. The zero-order chi connectivity index (χ0) is 14.3. The van der Waals surface area contributed by atoms with E-state index in [1.165, 1.54) is 5.56 Å². The molecule has 3 heteroatoms. The first-order valence-corrected chi connectivity index (χ1v) is 7.03. The first kappa shape index (κ1) is 15.5. The molecule has 2 amide bonds. The molecule has 1 N–H and O–H groups in total. The van der Waals surface area contributed by atoms with Crippen molar-refractivity contribution >= 4 is 6.03 Å². The molecular formula is C16H26N2O. The summed E-state index contributed by atoms with van der Waals surface area (Å²) in [5.74, 6) is 0. The molecule has 19 heavy (non-hydrogen) atoms. The van der Waals surface area contributed by atoms with Crippen LogP contribution in [-0.2, 0) is 6.54 Å². The summed E-state index contributed by atoms with van der Waals surface area (Å²) in [6.45, 7) is 9.63. The maximum absolute atomic E-state index is 12.3. The SMILES string of the molecule is CCCCN(Cc1ccccc1)C(=O)NC(C)(C)C. The molecule has 0 unspecified atom stereocenters. The third-order valence-electron chi connectivity index (χ3n) is 2.77. The highest BCUT2D eigenvalue weighted by Gasteiger charge is 2.19. The Kier molecular flexibility index (Phi) is 5.87. The van der Waals surface area contributed by atoms with Crippen LogP contribution < -0.4 is 5.32 Å². The maximum Gasteiger partial charge on any atom is 0.318 e. The van der Waals surface area contributed by atoms with E-state index < -0.39 is 0 Å². The van der Waals surface area contributed by atoms with Gasteiger partial charge in [-0.2, -0.15) is 0 Å². The quantitative estimate of drug-likeness (QED) is 0.860. The van der Waals surface area contributed by atoms with Gasteiger partial charge in [0.1, 0.15) is 0 Å². The van der Waals surface area contributed by atoms with Gasteiger partial charge >= 0.3 is 6.03 Å². The Balaban J connectivity index is 2.68. The van der Waals surface area contributed by atoms with E-state index in [-0.39, 0.29) is 11.6 Å². The second-order valence-corrected chi connectivity index (χ2v) is 5.94. The average Bonchev–Trinajstić information content (AvgIpc) is 2.33. The highest BCUT2D eigenvalue weighted by atomic mass is 16.2. The van der Waals surface area contributed by atoms with Gasteiger partial charge in [-0.25, -0.2) is 4.79 Å². The summed E-state index contributed by atoms with van der Waals surface area (Å²) in [6.07, 6.45) is 2.12. The van der Waals surface area contributed by atoms with Gasteiger partial charge in [-0.1, -0.05) is 43.7 Å². The normalized spacial score (nSPS) is 11.2. The average molecular weight is 262 g/mol. The Hall–Kier alpha value is -1.51. The Morgan fingerprint density at radius 3 is 2.37 bits per heavy atom. The number of rotatable bonds is 5. The van der Waals surface area contributed by atoms with Crippen LogP contribution >= 0.6 is 0 Å². The van der Waals surface area contributed by atoms with Crippen LogP contribution in [0.1, 0.15) is 46.1 Å². The smallest absolute Gasteiger partial charge is 0.318 e. The summed E-state index contributed by atoms with van der Waals surface area (Å²) in [6, 6.07) is 10.1. The molecule has 0 heterocycles. The summed E-state index contributed by atoms with van der Waals surface area (Å²) in [5.41, 5.74) is 0.973. The van der Waals surface area contributed by atoms with E-state index in [1.54, 1.807) is 0 Å². The maximum atomic E-state index is 12.3. The summed E-state index contributed by atoms with van der Waals surface area (Å²) < 4.78 is 0. The summed E-state index contributed by atoms with van der Waals surface area (Å²) >= 11 is 0. The molecule has 106 valence electrons. The van der Waals surface area contributed by atoms with Crippen molar-refractivity contribution in [1.29, 1.82) is 0 Å². The lowest BCUT2D eigenvalue weighted by molar-refractivity contribution is 0.185. The number of nitrogens with zero attached hydrogens (tertiary/aromatic N) is 1. The van der Waals surface area contributed by atoms with Crippen LogP contribution in [0, 0.1) is 0 Å². The van der Waals surface area contributed by atoms with E-state index in [2.05, 4.69) is 24.4 Å². The Labute approximate surface area is 117 Å². The lowest BCUT2D eigenvalue weighted by Crippen LogP contribution is -2.48. The van der Waals surface area contributed by atoms with Crippen LogP contribution in [0.25, 0.3) is 0 Å². The first-order valence-electron chi connectivity index (χ1n) is 7.03. The van der Waals surface area contributed by atoms with E-state index in [4.69, 9.17) is 0 Å². The van der Waals surface area contributed by atoms with Gasteiger partial charge in [0.05, 0.1) is 0 Å². The van der Waals surface area contributed by atoms with Crippen molar-refractivity contribution in [3.63, 3.8) is 0 Å². The number of amides is 2. The molecule has 0 aliphatic carbocycles. The van der Waals surface area contributed by atoms with E-state index >= 15 is 0 Å². The van der Waals surface area contributed by atoms with Gasteiger partial charge in [-0.3, -0.25) is 0 Å². The van der Waals surface area contributed by atoms with Crippen LogP contribution in [0.4, 0.5) is 4.79 Å². The van der Waals surface area contributed by atoms with Crippen LogP contribution in [0.2, 0.25) is 0 Å². The van der Waals surface area contributed by atoms with E-state index in [0.29, 0.717) is 6.54 Å². The number of unbranched alkanes of at least 4 members (excludes halogenated alkanes) is 1. The highest BCUT2D eigenvalue weighted by molar-refractivity contribution is 5.74. The third-order valence-corrected chi connectivity index (χ3v) is 2.77. The highest BCUT2D eigenvalue weighted by Crippen LogP contribution is 2.08. The minimum Gasteiger partial charge on any atom is -0.333 e.